The van der Waals surface area contributed by atoms with Gasteiger partial charge in [0.1, 0.15) is 0 Å². The maximum absolute atomic E-state index is 12.8. The highest BCUT2D eigenvalue weighted by Crippen LogP contribution is 2.25. The number of carbonyl (C=O) groups excluding carboxylic acids is 1. The molecule has 2 aromatic rings. The molecule has 0 aromatic heterocycles. The van der Waals surface area contributed by atoms with Crippen LogP contribution in [0.3, 0.4) is 0 Å². The van der Waals surface area contributed by atoms with Gasteiger partial charge in [-0.2, -0.15) is 0 Å². The second-order valence-corrected chi connectivity index (χ2v) is 5.53. The summed E-state index contributed by atoms with van der Waals surface area (Å²) in [5.41, 5.74) is -0.826. The summed E-state index contributed by atoms with van der Waals surface area (Å²) < 4.78 is 0. The fourth-order valence-corrected chi connectivity index (χ4v) is 2.39. The van der Waals surface area contributed by atoms with E-state index in [-0.39, 0.29) is 5.78 Å². The predicted octanol–water partition coefficient (Wildman–Crippen LogP) is 4.34. The lowest BCUT2D eigenvalue weighted by Crippen LogP contribution is -2.34. The Hall–Kier alpha value is -2.37. The zero-order valence-corrected chi connectivity index (χ0v) is 13.5. The molecule has 0 heterocycles. The number of Topliss-reactive ketones (excluding diaryl/α,β-unsaturated/α-hetero) is 1. The zero-order chi connectivity index (χ0) is 16.5. The molecule has 1 N–H and O–H groups in total. The van der Waals surface area contributed by atoms with Crippen molar-refractivity contribution in [1.29, 1.82) is 0 Å². The Labute approximate surface area is 138 Å². The molecular weight excluding hydrogens is 284 g/mol. The Morgan fingerprint density at radius 2 is 1.61 bits per heavy atom. The van der Waals surface area contributed by atoms with Crippen LogP contribution >= 0.6 is 0 Å². The number of hydrogen-bond acceptors (Lipinski definition) is 2. The van der Waals surface area contributed by atoms with Crippen LogP contribution in [0.15, 0.2) is 60.7 Å². The van der Waals surface area contributed by atoms with Gasteiger partial charge in [-0.25, -0.2) is 0 Å². The number of carbonyl (C=O) groups is 1. The average Bonchev–Trinajstić information content (AvgIpc) is 2.62. The minimum absolute atomic E-state index is 0.382. The van der Waals surface area contributed by atoms with Crippen LogP contribution in [0.5, 0.6) is 0 Å². The van der Waals surface area contributed by atoms with Crippen LogP contribution in [0.1, 0.15) is 48.5 Å². The van der Waals surface area contributed by atoms with Crippen molar-refractivity contribution in [3.8, 4) is 11.8 Å². The Morgan fingerprint density at radius 3 is 2.22 bits per heavy atom. The first-order valence-corrected chi connectivity index (χ1v) is 8.06. The van der Waals surface area contributed by atoms with Crippen LogP contribution in [0, 0.1) is 11.8 Å². The molecule has 2 rings (SSSR count). The van der Waals surface area contributed by atoms with Gasteiger partial charge in [-0.3, -0.25) is 4.79 Å². The van der Waals surface area contributed by atoms with E-state index in [1.165, 1.54) is 0 Å². The molecular formula is C21H22O2. The van der Waals surface area contributed by atoms with E-state index in [4.69, 9.17) is 0 Å². The Kier molecular flexibility index (Phi) is 6.14. The van der Waals surface area contributed by atoms with Gasteiger partial charge >= 0.3 is 0 Å². The number of unbranched alkanes of at least 4 members (excludes halogenated alkanes) is 3. The summed E-state index contributed by atoms with van der Waals surface area (Å²) in [5.74, 6) is 5.43. The first-order chi connectivity index (χ1) is 11.2. The predicted molar refractivity (Wildman–Crippen MR) is 93.0 cm³/mol. The van der Waals surface area contributed by atoms with Gasteiger partial charge in [0.15, 0.2) is 0 Å². The van der Waals surface area contributed by atoms with E-state index >= 15 is 0 Å². The molecule has 0 fully saturated rings. The highest BCUT2D eigenvalue weighted by Gasteiger charge is 2.36. The number of hydrogen-bond donors (Lipinski definition) is 1. The highest BCUT2D eigenvalue weighted by atomic mass is 16.3. The van der Waals surface area contributed by atoms with E-state index in [0.29, 0.717) is 17.5 Å². The Bertz CT molecular complexity index is 680. The van der Waals surface area contributed by atoms with Gasteiger partial charge in [0.2, 0.25) is 11.4 Å². The topological polar surface area (TPSA) is 37.3 Å². The average molecular weight is 306 g/mol. The fourth-order valence-electron chi connectivity index (χ4n) is 2.39. The maximum Gasteiger partial charge on any atom is 0.215 e. The van der Waals surface area contributed by atoms with Crippen molar-refractivity contribution < 1.29 is 9.90 Å². The molecule has 2 nitrogen and oxygen atoms in total. The fraction of sp³-hybridized carbons (Fsp3) is 0.286. The lowest BCUT2D eigenvalue weighted by atomic mass is 9.86. The minimum atomic E-state index is -1.80. The second-order valence-electron chi connectivity index (χ2n) is 5.53. The SMILES string of the molecule is CCCCCC#CC(O)(C(=O)c1ccccc1)c1ccccc1. The monoisotopic (exact) mass is 306 g/mol. The number of ketones is 1. The summed E-state index contributed by atoms with van der Waals surface area (Å²) in [6.45, 7) is 2.13. The molecule has 1 atom stereocenters. The van der Waals surface area contributed by atoms with Crippen molar-refractivity contribution in [1.82, 2.24) is 0 Å². The summed E-state index contributed by atoms with van der Waals surface area (Å²) >= 11 is 0. The summed E-state index contributed by atoms with van der Waals surface area (Å²) in [5, 5.41) is 11.0. The van der Waals surface area contributed by atoms with Gasteiger partial charge in [-0.1, -0.05) is 92.3 Å². The van der Waals surface area contributed by atoms with E-state index in [1.807, 2.05) is 12.1 Å². The van der Waals surface area contributed by atoms with Gasteiger partial charge in [0.05, 0.1) is 0 Å². The van der Waals surface area contributed by atoms with E-state index in [9.17, 15) is 9.90 Å². The molecule has 0 radical (unpaired) electrons. The van der Waals surface area contributed by atoms with Crippen LogP contribution in [0.25, 0.3) is 0 Å². The highest BCUT2D eigenvalue weighted by molar-refractivity contribution is 6.05. The van der Waals surface area contributed by atoms with Crippen LogP contribution in [-0.2, 0) is 5.60 Å². The third kappa shape index (κ3) is 4.31. The van der Waals surface area contributed by atoms with Crippen molar-refractivity contribution in [2.75, 3.05) is 0 Å². The van der Waals surface area contributed by atoms with Crippen molar-refractivity contribution in [2.45, 2.75) is 38.2 Å². The third-order valence-corrected chi connectivity index (χ3v) is 3.73. The molecule has 118 valence electrons. The van der Waals surface area contributed by atoms with Crippen molar-refractivity contribution >= 4 is 5.78 Å². The van der Waals surface area contributed by atoms with Gasteiger partial charge in [-0.15, -0.1) is 0 Å². The van der Waals surface area contributed by atoms with Crippen molar-refractivity contribution in [3.63, 3.8) is 0 Å². The smallest absolute Gasteiger partial charge is 0.215 e. The normalized spacial score (nSPS) is 12.8. The van der Waals surface area contributed by atoms with Crippen LogP contribution in [0.4, 0.5) is 0 Å². The van der Waals surface area contributed by atoms with Crippen LogP contribution in [0.2, 0.25) is 0 Å². The summed E-state index contributed by atoms with van der Waals surface area (Å²) in [7, 11) is 0. The zero-order valence-electron chi connectivity index (χ0n) is 13.5. The Morgan fingerprint density at radius 1 is 1.00 bits per heavy atom. The molecule has 0 saturated carbocycles. The summed E-state index contributed by atoms with van der Waals surface area (Å²) in [4.78, 5) is 12.8. The molecule has 2 aromatic carbocycles. The van der Waals surface area contributed by atoms with E-state index < -0.39 is 5.60 Å². The summed E-state index contributed by atoms with van der Waals surface area (Å²) in [6, 6.07) is 17.8. The number of benzene rings is 2. The molecule has 0 aliphatic heterocycles. The maximum atomic E-state index is 12.8. The first-order valence-electron chi connectivity index (χ1n) is 8.06. The number of rotatable bonds is 6. The lowest BCUT2D eigenvalue weighted by Gasteiger charge is -2.21. The van der Waals surface area contributed by atoms with Gasteiger partial charge < -0.3 is 5.11 Å². The first kappa shape index (κ1) is 17.0. The van der Waals surface area contributed by atoms with Gasteiger partial charge in [0.25, 0.3) is 0 Å². The molecule has 0 amide bonds. The minimum Gasteiger partial charge on any atom is -0.367 e. The van der Waals surface area contributed by atoms with Gasteiger partial charge in [0, 0.05) is 17.5 Å². The van der Waals surface area contributed by atoms with Crippen molar-refractivity contribution in [3.05, 3.63) is 71.8 Å². The van der Waals surface area contributed by atoms with Crippen LogP contribution < -0.4 is 0 Å². The molecule has 0 saturated heterocycles. The van der Waals surface area contributed by atoms with Crippen LogP contribution in [-0.4, -0.2) is 10.9 Å². The molecule has 1 unspecified atom stereocenters. The van der Waals surface area contributed by atoms with E-state index in [0.717, 1.165) is 19.3 Å². The van der Waals surface area contributed by atoms with Crippen molar-refractivity contribution in [2.24, 2.45) is 0 Å². The quantitative estimate of drug-likeness (QED) is 0.489. The van der Waals surface area contributed by atoms with E-state index in [2.05, 4.69) is 18.8 Å². The molecule has 0 aliphatic rings. The molecule has 23 heavy (non-hydrogen) atoms. The standard InChI is InChI=1S/C21H22O2/c1-2-3-4-5-12-17-21(23,19-15-10-7-11-16-19)20(22)18-13-8-6-9-14-18/h6-11,13-16,23H,2-5H2,1H3. The largest absolute Gasteiger partial charge is 0.367 e. The second kappa shape index (κ2) is 8.31. The third-order valence-electron chi connectivity index (χ3n) is 3.73. The summed E-state index contributed by atoms with van der Waals surface area (Å²) in [6.07, 6.45) is 3.89. The molecule has 0 spiro atoms. The molecule has 2 heteroatoms. The Balaban J connectivity index is 2.34. The molecule has 0 bridgehead atoms. The van der Waals surface area contributed by atoms with Gasteiger partial charge in [-0.05, 0) is 6.42 Å². The molecule has 0 aliphatic carbocycles. The number of aliphatic hydroxyl groups is 1. The van der Waals surface area contributed by atoms with E-state index in [1.54, 1.807) is 48.5 Å². The lowest BCUT2D eigenvalue weighted by molar-refractivity contribution is 0.0553.